The largest absolute Gasteiger partial charge is 0.468 e. The predicted octanol–water partition coefficient (Wildman–Crippen LogP) is 0.292. The second kappa shape index (κ2) is 5.61. The van der Waals surface area contributed by atoms with Crippen molar-refractivity contribution in [3.05, 3.63) is 10.5 Å². The molecule has 0 amide bonds. The lowest BCUT2D eigenvalue weighted by atomic mass is 10.3. The van der Waals surface area contributed by atoms with Crippen LogP contribution in [0.25, 0.3) is 0 Å². The summed E-state index contributed by atoms with van der Waals surface area (Å²) in [5, 5.41) is 10.4. The molecule has 7 nitrogen and oxygen atoms in total. The van der Waals surface area contributed by atoms with E-state index in [0.29, 0.717) is 17.0 Å². The van der Waals surface area contributed by atoms with Gasteiger partial charge in [0.2, 0.25) is 0 Å². The summed E-state index contributed by atoms with van der Waals surface area (Å²) < 4.78 is 6.50. The lowest BCUT2D eigenvalue weighted by Gasteiger charge is -2.15. The van der Waals surface area contributed by atoms with Crippen LogP contribution in [0.3, 0.4) is 0 Å². The van der Waals surface area contributed by atoms with Gasteiger partial charge in [-0.05, 0) is 25.7 Å². The average Bonchev–Trinajstić information content (AvgIpc) is 3.35. The van der Waals surface area contributed by atoms with Gasteiger partial charge < -0.3 is 10.1 Å². The minimum atomic E-state index is -0.350. The number of rotatable bonds is 7. The number of hydrogen-bond acceptors (Lipinski definition) is 6. The van der Waals surface area contributed by atoms with Gasteiger partial charge in [0.05, 0.1) is 7.11 Å². The van der Waals surface area contributed by atoms with Gasteiger partial charge in [0.1, 0.15) is 6.04 Å². The minimum Gasteiger partial charge on any atom is -0.468 e. The third-order valence-electron chi connectivity index (χ3n) is 3.46. The Morgan fingerprint density at radius 2 is 2.30 bits per heavy atom. The summed E-state index contributed by atoms with van der Waals surface area (Å²) in [5.74, 6) is 0.250. The highest BCUT2D eigenvalue weighted by Gasteiger charge is 2.31. The predicted molar refractivity (Wildman–Crippen MR) is 73.8 cm³/mol. The van der Waals surface area contributed by atoms with Crippen molar-refractivity contribution in [2.75, 3.05) is 12.9 Å². The summed E-state index contributed by atoms with van der Waals surface area (Å²) in [7, 11) is 1.39. The van der Waals surface area contributed by atoms with Gasteiger partial charge in [-0.3, -0.25) is 9.36 Å². The summed E-state index contributed by atoms with van der Waals surface area (Å²) in [6, 6.07) is 0.346. The van der Waals surface area contributed by atoms with Crippen molar-refractivity contribution in [1.82, 2.24) is 20.1 Å². The third-order valence-corrected chi connectivity index (χ3v) is 4.51. The number of nitrogens with zero attached hydrogens (tertiary/aromatic N) is 2. The average molecular weight is 298 g/mol. The van der Waals surface area contributed by atoms with E-state index >= 15 is 0 Å². The van der Waals surface area contributed by atoms with Crippen LogP contribution in [-0.2, 0) is 9.53 Å². The van der Waals surface area contributed by atoms with E-state index in [-0.39, 0.29) is 23.7 Å². The first-order valence-corrected chi connectivity index (χ1v) is 7.81. The van der Waals surface area contributed by atoms with Crippen molar-refractivity contribution in [3.63, 3.8) is 0 Å². The molecule has 0 spiro atoms. The second-order valence-corrected chi connectivity index (χ2v) is 6.23. The Balaban J connectivity index is 1.64. The lowest BCUT2D eigenvalue weighted by molar-refractivity contribution is -0.142. The van der Waals surface area contributed by atoms with E-state index < -0.39 is 0 Å². The summed E-state index contributed by atoms with van der Waals surface area (Å²) in [6.07, 6.45) is 4.25. The van der Waals surface area contributed by atoms with Crippen molar-refractivity contribution >= 4 is 17.7 Å². The zero-order chi connectivity index (χ0) is 14.1. The number of carbonyl (C=O) groups excluding carboxylic acids is 1. The molecule has 3 rings (SSSR count). The van der Waals surface area contributed by atoms with Gasteiger partial charge in [-0.2, -0.15) is 0 Å². The molecule has 110 valence electrons. The molecular weight excluding hydrogens is 280 g/mol. The molecule has 2 aliphatic rings. The summed E-state index contributed by atoms with van der Waals surface area (Å²) in [6.45, 7) is 0. The minimum absolute atomic E-state index is 0.167. The fourth-order valence-corrected chi connectivity index (χ4v) is 3.09. The standard InChI is InChI=1S/C12H18N4O3S/c1-19-10(17)9(13-7-2-3-7)6-20-12-15-14-11(18)16(12)8-4-5-8/h7-9,13H,2-6H2,1H3,(H,14,18). The first-order valence-electron chi connectivity index (χ1n) is 6.82. The maximum absolute atomic E-state index is 11.7. The molecule has 0 aliphatic heterocycles. The number of methoxy groups -OCH3 is 1. The Labute approximate surface area is 120 Å². The van der Waals surface area contributed by atoms with Crippen molar-refractivity contribution in [1.29, 1.82) is 0 Å². The van der Waals surface area contributed by atoms with Crippen LogP contribution < -0.4 is 11.0 Å². The van der Waals surface area contributed by atoms with Crippen LogP contribution in [0.5, 0.6) is 0 Å². The molecule has 0 radical (unpaired) electrons. The summed E-state index contributed by atoms with van der Waals surface area (Å²) in [5.41, 5.74) is -0.167. The number of nitrogens with one attached hydrogen (secondary N) is 2. The topological polar surface area (TPSA) is 89.0 Å². The molecule has 0 saturated heterocycles. The van der Waals surface area contributed by atoms with Gasteiger partial charge in [0.15, 0.2) is 5.16 Å². The quantitative estimate of drug-likeness (QED) is 0.556. The van der Waals surface area contributed by atoms with Crippen LogP contribution in [0.4, 0.5) is 0 Å². The van der Waals surface area contributed by atoms with E-state index in [1.165, 1.54) is 18.9 Å². The molecule has 20 heavy (non-hydrogen) atoms. The molecule has 0 bridgehead atoms. The van der Waals surface area contributed by atoms with E-state index in [1.54, 1.807) is 4.57 Å². The van der Waals surface area contributed by atoms with E-state index in [1.807, 2.05) is 0 Å². The number of thioether (sulfide) groups is 1. The zero-order valence-electron chi connectivity index (χ0n) is 11.3. The molecule has 1 aromatic heterocycles. The Hall–Kier alpha value is -1.28. The van der Waals surface area contributed by atoms with Crippen LogP contribution in [0, 0.1) is 0 Å². The first-order chi connectivity index (χ1) is 9.69. The second-order valence-electron chi connectivity index (χ2n) is 5.24. The first kappa shape index (κ1) is 13.7. The van der Waals surface area contributed by atoms with Gasteiger partial charge in [0.25, 0.3) is 0 Å². The number of hydrogen-bond donors (Lipinski definition) is 2. The molecule has 2 fully saturated rings. The monoisotopic (exact) mass is 298 g/mol. The Morgan fingerprint density at radius 1 is 1.55 bits per heavy atom. The van der Waals surface area contributed by atoms with Gasteiger partial charge in [-0.15, -0.1) is 5.10 Å². The number of aromatic nitrogens is 3. The Kier molecular flexibility index (Phi) is 3.84. The smallest absolute Gasteiger partial charge is 0.344 e. The Bertz CT molecular complexity index is 547. The Morgan fingerprint density at radius 3 is 2.90 bits per heavy atom. The van der Waals surface area contributed by atoms with Gasteiger partial charge in [-0.1, -0.05) is 11.8 Å². The van der Waals surface area contributed by atoms with Crippen molar-refractivity contribution < 1.29 is 9.53 Å². The van der Waals surface area contributed by atoms with Crippen LogP contribution in [0.1, 0.15) is 31.7 Å². The van der Waals surface area contributed by atoms with E-state index in [2.05, 4.69) is 15.5 Å². The van der Waals surface area contributed by atoms with Crippen LogP contribution in [0.15, 0.2) is 9.95 Å². The molecule has 1 atom stereocenters. The van der Waals surface area contributed by atoms with E-state index in [4.69, 9.17) is 4.74 Å². The van der Waals surface area contributed by atoms with Gasteiger partial charge >= 0.3 is 11.7 Å². The van der Waals surface area contributed by atoms with E-state index in [9.17, 15) is 9.59 Å². The van der Waals surface area contributed by atoms with Crippen LogP contribution >= 0.6 is 11.8 Å². The highest BCUT2D eigenvalue weighted by Crippen LogP contribution is 2.36. The molecule has 2 N–H and O–H groups in total. The molecule has 1 heterocycles. The zero-order valence-corrected chi connectivity index (χ0v) is 12.1. The SMILES string of the molecule is COC(=O)C(CSc1n[nH]c(=O)n1C1CC1)NC1CC1. The molecular formula is C12H18N4O3S. The molecule has 8 heteroatoms. The molecule has 0 aromatic carbocycles. The highest BCUT2D eigenvalue weighted by atomic mass is 32.2. The number of aromatic amines is 1. The number of esters is 1. The van der Waals surface area contributed by atoms with E-state index in [0.717, 1.165) is 25.7 Å². The van der Waals surface area contributed by atoms with Gasteiger partial charge in [-0.25, -0.2) is 9.89 Å². The third kappa shape index (κ3) is 3.06. The van der Waals surface area contributed by atoms with Crippen molar-refractivity contribution in [3.8, 4) is 0 Å². The highest BCUT2D eigenvalue weighted by molar-refractivity contribution is 7.99. The molecule has 1 aromatic rings. The van der Waals surface area contributed by atoms with Crippen LogP contribution in [-0.4, -0.2) is 45.7 Å². The number of ether oxygens (including phenoxy) is 1. The maximum atomic E-state index is 11.7. The fraction of sp³-hybridized carbons (Fsp3) is 0.750. The summed E-state index contributed by atoms with van der Waals surface area (Å²) >= 11 is 1.42. The van der Waals surface area contributed by atoms with Crippen molar-refractivity contribution in [2.45, 2.75) is 49.0 Å². The fourth-order valence-electron chi connectivity index (χ4n) is 2.07. The lowest BCUT2D eigenvalue weighted by Crippen LogP contribution is -2.41. The normalized spacial score (nSPS) is 19.9. The van der Waals surface area contributed by atoms with Crippen LogP contribution in [0.2, 0.25) is 0 Å². The summed E-state index contributed by atoms with van der Waals surface area (Å²) in [4.78, 5) is 23.4. The number of carbonyl (C=O) groups is 1. The molecule has 2 saturated carbocycles. The molecule has 2 aliphatic carbocycles. The van der Waals surface area contributed by atoms with Crippen molar-refractivity contribution in [2.24, 2.45) is 0 Å². The number of H-pyrrole nitrogens is 1. The van der Waals surface area contributed by atoms with Gasteiger partial charge in [0, 0.05) is 17.8 Å². The molecule has 1 unspecified atom stereocenters. The maximum Gasteiger partial charge on any atom is 0.344 e.